The first-order valence-corrected chi connectivity index (χ1v) is 12.1. The Hall–Kier alpha value is -3.66. The third-order valence-electron chi connectivity index (χ3n) is 5.24. The molecule has 0 aliphatic carbocycles. The molecule has 0 aliphatic rings. The molecule has 34 heavy (non-hydrogen) atoms. The van der Waals surface area contributed by atoms with E-state index in [2.05, 4.69) is 22.4 Å². The van der Waals surface area contributed by atoms with Crippen molar-refractivity contribution in [1.29, 1.82) is 0 Å². The zero-order valence-corrected chi connectivity index (χ0v) is 19.8. The molecule has 0 saturated heterocycles. The number of benzene rings is 2. The summed E-state index contributed by atoms with van der Waals surface area (Å²) in [7, 11) is 0. The number of anilines is 1. The number of unbranched alkanes of at least 4 members (excludes halogenated alkanes) is 1. The molecule has 0 atom stereocenters. The molecule has 10 heteroatoms. The number of nitrogens with one attached hydrogen (secondary N) is 1. The summed E-state index contributed by atoms with van der Waals surface area (Å²) in [5, 5.41) is 12.4. The van der Waals surface area contributed by atoms with Gasteiger partial charge in [-0.05, 0) is 37.6 Å². The molecule has 0 radical (unpaired) electrons. The van der Waals surface area contributed by atoms with E-state index in [1.807, 2.05) is 22.6 Å². The maximum Gasteiger partial charge on any atom is 0.340 e. The van der Waals surface area contributed by atoms with Crippen LogP contribution in [0.15, 0.2) is 58.5 Å². The highest BCUT2D eigenvalue weighted by molar-refractivity contribution is 7.99. The molecule has 0 bridgehead atoms. The van der Waals surface area contributed by atoms with Crippen LogP contribution in [-0.2, 0) is 16.1 Å². The van der Waals surface area contributed by atoms with Crippen LogP contribution in [0.4, 0.5) is 5.69 Å². The second-order valence-electron chi connectivity index (χ2n) is 7.55. The van der Waals surface area contributed by atoms with Crippen LogP contribution >= 0.6 is 11.8 Å². The van der Waals surface area contributed by atoms with Gasteiger partial charge in [0.05, 0.1) is 34.5 Å². The minimum Gasteiger partial charge on any atom is -0.462 e. The zero-order chi connectivity index (χ0) is 24.1. The maximum atomic E-state index is 13.0. The second-order valence-corrected chi connectivity index (χ2v) is 8.49. The largest absolute Gasteiger partial charge is 0.462 e. The van der Waals surface area contributed by atoms with E-state index in [1.165, 1.54) is 11.8 Å². The van der Waals surface area contributed by atoms with Crippen LogP contribution in [0.5, 0.6) is 0 Å². The van der Waals surface area contributed by atoms with E-state index in [9.17, 15) is 14.4 Å². The number of thioether (sulfide) groups is 1. The number of aryl methyl sites for hydroxylation is 1. The molecular weight excluding hydrogens is 454 g/mol. The molecule has 0 unspecified atom stereocenters. The highest BCUT2D eigenvalue weighted by atomic mass is 32.2. The number of carbonyl (C=O) groups excluding carboxylic acids is 2. The van der Waals surface area contributed by atoms with Crippen LogP contribution in [0.1, 0.15) is 37.0 Å². The van der Waals surface area contributed by atoms with Gasteiger partial charge >= 0.3 is 5.97 Å². The van der Waals surface area contributed by atoms with Gasteiger partial charge in [-0.2, -0.15) is 0 Å². The second kappa shape index (κ2) is 10.5. The first-order valence-electron chi connectivity index (χ1n) is 11.1. The van der Waals surface area contributed by atoms with Gasteiger partial charge in [0.25, 0.3) is 5.56 Å². The van der Waals surface area contributed by atoms with Crippen molar-refractivity contribution in [3.8, 4) is 0 Å². The predicted molar refractivity (Wildman–Crippen MR) is 131 cm³/mol. The SMILES string of the molecule is CCCCn1c(=O)c2ccccc2n2c(SCC(=O)Nc3ccccc3C(=O)OCC)nnc12. The van der Waals surface area contributed by atoms with Crippen LogP contribution in [-0.4, -0.2) is 43.4 Å². The number of rotatable bonds is 9. The van der Waals surface area contributed by atoms with E-state index in [1.54, 1.807) is 41.8 Å². The average Bonchev–Trinajstić information content (AvgIpc) is 3.27. The van der Waals surface area contributed by atoms with Crippen molar-refractivity contribution >= 4 is 46.0 Å². The lowest BCUT2D eigenvalue weighted by Gasteiger charge is -2.11. The van der Waals surface area contributed by atoms with Crippen molar-refractivity contribution in [2.45, 2.75) is 38.4 Å². The summed E-state index contributed by atoms with van der Waals surface area (Å²) in [5.41, 5.74) is 1.27. The number of nitrogens with zero attached hydrogens (tertiary/aromatic N) is 4. The normalized spacial score (nSPS) is 11.1. The Bertz CT molecular complexity index is 1410. The van der Waals surface area contributed by atoms with Crippen molar-refractivity contribution in [3.05, 3.63) is 64.4 Å². The Labute approximate surface area is 200 Å². The Kier molecular flexibility index (Phi) is 7.27. The average molecular weight is 480 g/mol. The van der Waals surface area contributed by atoms with Crippen molar-refractivity contribution in [2.24, 2.45) is 0 Å². The van der Waals surface area contributed by atoms with Crippen molar-refractivity contribution in [1.82, 2.24) is 19.2 Å². The number of para-hydroxylation sites is 2. The first kappa shape index (κ1) is 23.5. The topological polar surface area (TPSA) is 108 Å². The molecule has 0 saturated carbocycles. The van der Waals surface area contributed by atoms with Crippen LogP contribution in [0.25, 0.3) is 16.7 Å². The number of fused-ring (bicyclic) bond motifs is 3. The molecule has 0 fully saturated rings. The van der Waals surface area contributed by atoms with Gasteiger partial charge in [-0.1, -0.05) is 49.4 Å². The standard InChI is InChI=1S/C24H25N5O4S/c1-3-5-14-28-21(31)17-11-7-9-13-19(17)29-23(28)26-27-24(29)34-15-20(30)25-18-12-8-6-10-16(18)22(32)33-4-2/h6-13H,3-5,14-15H2,1-2H3,(H,25,30). The Morgan fingerprint density at radius 2 is 1.82 bits per heavy atom. The smallest absolute Gasteiger partial charge is 0.340 e. The zero-order valence-electron chi connectivity index (χ0n) is 19.0. The highest BCUT2D eigenvalue weighted by Gasteiger charge is 2.18. The molecule has 2 aromatic heterocycles. The summed E-state index contributed by atoms with van der Waals surface area (Å²) in [4.78, 5) is 37.9. The number of esters is 1. The summed E-state index contributed by atoms with van der Waals surface area (Å²) in [6.45, 7) is 4.57. The van der Waals surface area contributed by atoms with E-state index >= 15 is 0 Å². The van der Waals surface area contributed by atoms with Crippen LogP contribution in [0.3, 0.4) is 0 Å². The molecule has 9 nitrogen and oxygen atoms in total. The molecule has 0 spiro atoms. The van der Waals surface area contributed by atoms with Gasteiger partial charge in [0.15, 0.2) is 5.16 Å². The molecule has 0 aliphatic heterocycles. The molecule has 1 N–H and O–H groups in total. The van der Waals surface area contributed by atoms with Crippen LogP contribution in [0, 0.1) is 0 Å². The van der Waals surface area contributed by atoms with Gasteiger partial charge < -0.3 is 10.1 Å². The summed E-state index contributed by atoms with van der Waals surface area (Å²) in [6.07, 6.45) is 1.78. The summed E-state index contributed by atoms with van der Waals surface area (Å²) >= 11 is 1.21. The highest BCUT2D eigenvalue weighted by Crippen LogP contribution is 2.23. The molecule has 4 aromatic rings. The predicted octanol–water partition coefficient (Wildman–Crippen LogP) is 3.75. The fourth-order valence-corrected chi connectivity index (χ4v) is 4.38. The number of ether oxygens (including phenoxy) is 1. The lowest BCUT2D eigenvalue weighted by molar-refractivity contribution is -0.113. The third-order valence-corrected chi connectivity index (χ3v) is 6.17. The van der Waals surface area contributed by atoms with E-state index in [0.29, 0.717) is 39.6 Å². The van der Waals surface area contributed by atoms with Crippen molar-refractivity contribution in [2.75, 3.05) is 17.7 Å². The number of hydrogen-bond donors (Lipinski definition) is 1. The monoisotopic (exact) mass is 479 g/mol. The summed E-state index contributed by atoms with van der Waals surface area (Å²) in [5.74, 6) is -0.304. The third kappa shape index (κ3) is 4.67. The summed E-state index contributed by atoms with van der Waals surface area (Å²) in [6, 6.07) is 14.0. The molecule has 4 rings (SSSR count). The van der Waals surface area contributed by atoms with Crippen LogP contribution in [0.2, 0.25) is 0 Å². The molecular formula is C24H25N5O4S. The molecule has 2 heterocycles. The first-order chi connectivity index (χ1) is 16.5. The van der Waals surface area contributed by atoms with Crippen molar-refractivity contribution < 1.29 is 14.3 Å². The Balaban J connectivity index is 1.61. The van der Waals surface area contributed by atoms with Gasteiger partial charge in [0.1, 0.15) is 0 Å². The maximum absolute atomic E-state index is 13.0. The lowest BCUT2D eigenvalue weighted by Crippen LogP contribution is -2.23. The van der Waals surface area contributed by atoms with Crippen LogP contribution < -0.4 is 10.9 Å². The molecule has 2 aromatic carbocycles. The summed E-state index contributed by atoms with van der Waals surface area (Å²) < 4.78 is 8.52. The molecule has 1 amide bonds. The van der Waals surface area contributed by atoms with E-state index in [4.69, 9.17) is 4.74 Å². The van der Waals surface area contributed by atoms with Gasteiger partial charge in [-0.25, -0.2) is 4.79 Å². The van der Waals surface area contributed by atoms with Crippen molar-refractivity contribution in [3.63, 3.8) is 0 Å². The quantitative estimate of drug-likeness (QED) is 0.288. The number of hydrogen-bond acceptors (Lipinski definition) is 7. The van der Waals surface area contributed by atoms with E-state index in [0.717, 1.165) is 12.8 Å². The Morgan fingerprint density at radius 3 is 2.62 bits per heavy atom. The van der Waals surface area contributed by atoms with E-state index < -0.39 is 5.97 Å². The van der Waals surface area contributed by atoms with Gasteiger partial charge in [-0.3, -0.25) is 18.6 Å². The van der Waals surface area contributed by atoms with E-state index in [-0.39, 0.29) is 23.8 Å². The number of amides is 1. The molecule has 176 valence electrons. The van der Waals surface area contributed by atoms with Gasteiger partial charge in [0.2, 0.25) is 11.7 Å². The minimum atomic E-state index is -0.494. The van der Waals surface area contributed by atoms with Gasteiger partial charge in [0, 0.05) is 6.54 Å². The number of aromatic nitrogens is 4. The van der Waals surface area contributed by atoms with Gasteiger partial charge in [-0.15, -0.1) is 10.2 Å². The fourth-order valence-electron chi connectivity index (χ4n) is 3.64. The fraction of sp³-hybridized carbons (Fsp3) is 0.292. The minimum absolute atomic E-state index is 0.0420. The lowest BCUT2D eigenvalue weighted by atomic mass is 10.2. The number of carbonyl (C=O) groups is 2. The Morgan fingerprint density at radius 1 is 1.06 bits per heavy atom.